The van der Waals surface area contributed by atoms with E-state index in [9.17, 15) is 4.79 Å². The second-order valence-electron chi connectivity index (χ2n) is 3.90. The lowest BCUT2D eigenvalue weighted by atomic mass is 10.1. The lowest BCUT2D eigenvalue weighted by Crippen LogP contribution is -2.08. The number of aromatic nitrogens is 1. The van der Waals surface area contributed by atoms with Crippen molar-refractivity contribution in [2.45, 2.75) is 6.42 Å². The third kappa shape index (κ3) is 3.42. The summed E-state index contributed by atoms with van der Waals surface area (Å²) in [4.78, 5) is 16.4. The maximum Gasteiger partial charge on any atom is 0.186 e. The van der Waals surface area contributed by atoms with Crippen molar-refractivity contribution < 1.29 is 9.53 Å². The van der Waals surface area contributed by atoms with Crippen molar-refractivity contribution in [2.75, 3.05) is 7.11 Å². The Hall–Kier alpha value is -1.20. The standard InChI is InChI=1S/C14H11Br2NO2/c1-19-13-5-3-2-4-9(13)6-12(18)14-11(16)7-10(15)8-17-14/h2-5,7-8H,6H2,1H3. The van der Waals surface area contributed by atoms with Crippen molar-refractivity contribution in [3.8, 4) is 5.75 Å². The number of hydrogen-bond acceptors (Lipinski definition) is 3. The molecular formula is C14H11Br2NO2. The highest BCUT2D eigenvalue weighted by Crippen LogP contribution is 2.23. The Labute approximate surface area is 128 Å². The fourth-order valence-electron chi connectivity index (χ4n) is 1.73. The van der Waals surface area contributed by atoms with Crippen LogP contribution in [0, 0.1) is 0 Å². The number of Topliss-reactive ketones (excluding diaryl/α,β-unsaturated/α-hetero) is 1. The average molecular weight is 385 g/mol. The summed E-state index contributed by atoms with van der Waals surface area (Å²) in [5, 5.41) is 0. The number of ketones is 1. The maximum absolute atomic E-state index is 12.3. The number of hydrogen-bond donors (Lipinski definition) is 0. The largest absolute Gasteiger partial charge is 0.496 e. The van der Waals surface area contributed by atoms with Crippen molar-refractivity contribution in [1.29, 1.82) is 0 Å². The zero-order chi connectivity index (χ0) is 13.8. The number of methoxy groups -OCH3 is 1. The topological polar surface area (TPSA) is 39.2 Å². The number of pyridine rings is 1. The fraction of sp³-hybridized carbons (Fsp3) is 0.143. The number of nitrogens with zero attached hydrogens (tertiary/aromatic N) is 1. The normalized spacial score (nSPS) is 10.3. The predicted molar refractivity (Wildman–Crippen MR) is 80.7 cm³/mol. The SMILES string of the molecule is COc1ccccc1CC(=O)c1ncc(Br)cc1Br. The molecule has 0 saturated carbocycles. The summed E-state index contributed by atoms with van der Waals surface area (Å²) >= 11 is 6.66. The molecule has 1 aromatic carbocycles. The summed E-state index contributed by atoms with van der Waals surface area (Å²) in [7, 11) is 1.59. The van der Waals surface area contributed by atoms with Crippen LogP contribution in [0.2, 0.25) is 0 Å². The summed E-state index contributed by atoms with van der Waals surface area (Å²) in [6.45, 7) is 0. The average Bonchev–Trinajstić information content (AvgIpc) is 2.39. The van der Waals surface area contributed by atoms with Crippen LogP contribution in [0.15, 0.2) is 45.5 Å². The number of ether oxygens (including phenoxy) is 1. The molecule has 1 heterocycles. The van der Waals surface area contributed by atoms with E-state index in [1.807, 2.05) is 30.3 Å². The summed E-state index contributed by atoms with van der Waals surface area (Å²) in [5.74, 6) is 0.660. The lowest BCUT2D eigenvalue weighted by molar-refractivity contribution is 0.0986. The van der Waals surface area contributed by atoms with Crippen molar-refractivity contribution in [1.82, 2.24) is 4.98 Å². The molecule has 0 aliphatic heterocycles. The van der Waals surface area contributed by atoms with Gasteiger partial charge in [0.2, 0.25) is 0 Å². The summed E-state index contributed by atoms with van der Waals surface area (Å²) in [6.07, 6.45) is 1.87. The van der Waals surface area contributed by atoms with Gasteiger partial charge in [-0.25, -0.2) is 0 Å². The van der Waals surface area contributed by atoms with Gasteiger partial charge in [-0.2, -0.15) is 0 Å². The van der Waals surface area contributed by atoms with E-state index in [0.29, 0.717) is 15.9 Å². The van der Waals surface area contributed by atoms with Crippen LogP contribution in [-0.2, 0) is 6.42 Å². The van der Waals surface area contributed by atoms with Crippen molar-refractivity contribution >= 4 is 37.6 Å². The van der Waals surface area contributed by atoms with Crippen LogP contribution in [-0.4, -0.2) is 17.9 Å². The smallest absolute Gasteiger partial charge is 0.186 e. The quantitative estimate of drug-likeness (QED) is 0.746. The fourth-order valence-corrected chi connectivity index (χ4v) is 2.93. The molecule has 0 unspecified atom stereocenters. The molecule has 0 N–H and O–H groups in total. The Morgan fingerprint density at radius 3 is 2.74 bits per heavy atom. The predicted octanol–water partition coefficient (Wildman–Crippen LogP) is 4.04. The molecule has 3 nitrogen and oxygen atoms in total. The minimum Gasteiger partial charge on any atom is -0.496 e. The molecule has 5 heteroatoms. The first kappa shape index (κ1) is 14.2. The highest BCUT2D eigenvalue weighted by molar-refractivity contribution is 9.11. The van der Waals surface area contributed by atoms with E-state index in [-0.39, 0.29) is 12.2 Å². The Balaban J connectivity index is 2.26. The van der Waals surface area contributed by atoms with E-state index in [2.05, 4.69) is 36.8 Å². The molecule has 0 radical (unpaired) electrons. The molecule has 0 amide bonds. The minimum absolute atomic E-state index is 0.0520. The number of carbonyl (C=O) groups excluding carboxylic acids is 1. The van der Waals surface area contributed by atoms with Crippen LogP contribution >= 0.6 is 31.9 Å². The highest BCUT2D eigenvalue weighted by Gasteiger charge is 2.14. The zero-order valence-electron chi connectivity index (χ0n) is 10.2. The lowest BCUT2D eigenvalue weighted by Gasteiger charge is -2.08. The monoisotopic (exact) mass is 383 g/mol. The van der Waals surface area contributed by atoms with Gasteiger partial charge in [0.1, 0.15) is 11.4 Å². The molecule has 2 aromatic rings. The first-order chi connectivity index (χ1) is 9.11. The Bertz CT molecular complexity index is 614. The van der Waals surface area contributed by atoms with Gasteiger partial charge in [0.25, 0.3) is 0 Å². The molecule has 0 saturated heterocycles. The molecule has 0 aliphatic carbocycles. The van der Waals surface area contributed by atoms with Gasteiger partial charge in [-0.1, -0.05) is 18.2 Å². The third-order valence-corrected chi connectivity index (χ3v) is 3.65. The second-order valence-corrected chi connectivity index (χ2v) is 5.67. The molecule has 0 atom stereocenters. The van der Waals surface area contributed by atoms with Crippen LogP contribution in [0.3, 0.4) is 0 Å². The van der Waals surface area contributed by atoms with Crippen molar-refractivity contribution in [3.63, 3.8) is 0 Å². The molecule has 0 fully saturated rings. The van der Waals surface area contributed by atoms with Crippen LogP contribution in [0.5, 0.6) is 5.75 Å². The number of halogens is 2. The molecule has 19 heavy (non-hydrogen) atoms. The Morgan fingerprint density at radius 1 is 1.32 bits per heavy atom. The summed E-state index contributed by atoms with van der Waals surface area (Å²) in [5.41, 5.74) is 1.28. The number of carbonyl (C=O) groups is 1. The molecule has 0 bridgehead atoms. The van der Waals surface area contributed by atoms with Crippen LogP contribution < -0.4 is 4.74 Å². The first-order valence-electron chi connectivity index (χ1n) is 5.58. The summed E-state index contributed by atoms with van der Waals surface area (Å²) in [6, 6.07) is 9.29. The third-order valence-electron chi connectivity index (χ3n) is 2.62. The summed E-state index contributed by atoms with van der Waals surface area (Å²) < 4.78 is 6.75. The van der Waals surface area contributed by atoms with E-state index in [1.54, 1.807) is 13.3 Å². The van der Waals surface area contributed by atoms with Crippen molar-refractivity contribution in [3.05, 3.63) is 56.7 Å². The van der Waals surface area contributed by atoms with Gasteiger partial charge in [-0.05, 0) is 44.0 Å². The van der Waals surface area contributed by atoms with E-state index in [1.165, 1.54) is 0 Å². The molecule has 0 spiro atoms. The van der Waals surface area contributed by atoms with E-state index < -0.39 is 0 Å². The number of benzene rings is 1. The Morgan fingerprint density at radius 2 is 2.05 bits per heavy atom. The van der Waals surface area contributed by atoms with Gasteiger partial charge in [-0.3, -0.25) is 9.78 Å². The van der Waals surface area contributed by atoms with Gasteiger partial charge in [0.15, 0.2) is 5.78 Å². The minimum atomic E-state index is -0.0520. The van der Waals surface area contributed by atoms with Gasteiger partial charge in [0.05, 0.1) is 7.11 Å². The number of para-hydroxylation sites is 1. The molecule has 1 aromatic heterocycles. The maximum atomic E-state index is 12.3. The van der Waals surface area contributed by atoms with Crippen molar-refractivity contribution in [2.24, 2.45) is 0 Å². The molecule has 2 rings (SSSR count). The second kappa shape index (κ2) is 6.30. The van der Waals surface area contributed by atoms with Gasteiger partial charge >= 0.3 is 0 Å². The molecular weight excluding hydrogens is 374 g/mol. The van der Waals surface area contributed by atoms with Crippen LogP contribution in [0.25, 0.3) is 0 Å². The van der Waals surface area contributed by atoms with E-state index in [0.717, 1.165) is 10.0 Å². The van der Waals surface area contributed by atoms with Gasteiger partial charge in [0, 0.05) is 27.1 Å². The molecule has 0 aliphatic rings. The Kier molecular flexibility index (Phi) is 4.71. The van der Waals surface area contributed by atoms with E-state index in [4.69, 9.17) is 4.74 Å². The van der Waals surface area contributed by atoms with Gasteiger partial charge in [-0.15, -0.1) is 0 Å². The van der Waals surface area contributed by atoms with E-state index >= 15 is 0 Å². The number of rotatable bonds is 4. The van der Waals surface area contributed by atoms with Gasteiger partial charge < -0.3 is 4.74 Å². The zero-order valence-corrected chi connectivity index (χ0v) is 13.4. The molecule has 98 valence electrons. The van der Waals surface area contributed by atoms with Crippen LogP contribution in [0.1, 0.15) is 16.1 Å². The van der Waals surface area contributed by atoms with Crippen LogP contribution in [0.4, 0.5) is 0 Å². The first-order valence-corrected chi connectivity index (χ1v) is 7.16. The highest BCUT2D eigenvalue weighted by atomic mass is 79.9.